The van der Waals surface area contributed by atoms with Gasteiger partial charge >= 0.3 is 0 Å². The van der Waals surface area contributed by atoms with Crippen molar-refractivity contribution in [3.8, 4) is 0 Å². The highest BCUT2D eigenvalue weighted by Gasteiger charge is 2.27. The van der Waals surface area contributed by atoms with Crippen LogP contribution in [0.15, 0.2) is 34.2 Å². The Labute approximate surface area is 181 Å². The van der Waals surface area contributed by atoms with E-state index < -0.39 is 9.84 Å². The summed E-state index contributed by atoms with van der Waals surface area (Å²) in [4.78, 5) is 7.17. The van der Waals surface area contributed by atoms with E-state index in [9.17, 15) is 8.42 Å². The summed E-state index contributed by atoms with van der Waals surface area (Å²) in [5.74, 6) is 0.752. The van der Waals surface area contributed by atoms with Gasteiger partial charge in [0.15, 0.2) is 15.8 Å². The van der Waals surface area contributed by atoms with Crippen LogP contribution in [0.3, 0.4) is 0 Å². The van der Waals surface area contributed by atoms with E-state index in [1.807, 2.05) is 12.1 Å². The topological polar surface area (TPSA) is 73.8 Å². The lowest BCUT2D eigenvalue weighted by molar-refractivity contribution is 0.0982. The maximum absolute atomic E-state index is 11.5. The van der Waals surface area contributed by atoms with Gasteiger partial charge in [-0.1, -0.05) is 18.6 Å². The number of hydrogen-bond donors (Lipinski definition) is 2. The fraction of sp³-hybridized carbons (Fsp3) is 0.632. The zero-order valence-corrected chi connectivity index (χ0v) is 19.9. The van der Waals surface area contributed by atoms with Crippen LogP contribution < -0.4 is 10.6 Å². The highest BCUT2D eigenvalue weighted by Crippen LogP contribution is 2.19. The van der Waals surface area contributed by atoms with Gasteiger partial charge in [-0.05, 0) is 57.5 Å². The van der Waals surface area contributed by atoms with E-state index in [0.717, 1.165) is 31.2 Å². The average Bonchev–Trinajstić information content (AvgIpc) is 2.62. The molecule has 2 N–H and O–H groups in total. The smallest absolute Gasteiger partial charge is 0.191 e. The standard InChI is InChI=1S/C19H32N4O2S.HI/c1-19(2,23-12-6-5-7-13-23)15-22-18(20-3)21-14-16-8-10-17(11-9-16)26(4,24)25;/h8-11H,5-7,12-15H2,1-4H3,(H2,20,21,22);1H. The molecule has 0 atom stereocenters. The molecule has 0 radical (unpaired) electrons. The van der Waals surface area contributed by atoms with Gasteiger partial charge in [-0.25, -0.2) is 8.42 Å². The lowest BCUT2D eigenvalue weighted by atomic mass is 9.98. The van der Waals surface area contributed by atoms with E-state index in [0.29, 0.717) is 11.4 Å². The first-order chi connectivity index (χ1) is 12.2. The number of nitrogens with one attached hydrogen (secondary N) is 2. The minimum atomic E-state index is -3.15. The molecule has 8 heteroatoms. The van der Waals surface area contributed by atoms with Crippen molar-refractivity contribution in [2.45, 2.75) is 50.1 Å². The predicted molar refractivity (Wildman–Crippen MR) is 123 cm³/mol. The van der Waals surface area contributed by atoms with E-state index in [2.05, 4.69) is 34.4 Å². The molecule has 6 nitrogen and oxygen atoms in total. The summed E-state index contributed by atoms with van der Waals surface area (Å²) in [7, 11) is -1.39. The lowest BCUT2D eigenvalue weighted by Gasteiger charge is -2.41. The molecule has 1 aliphatic heterocycles. The van der Waals surface area contributed by atoms with Crippen LogP contribution in [-0.4, -0.2) is 57.8 Å². The van der Waals surface area contributed by atoms with Crippen molar-refractivity contribution in [1.29, 1.82) is 0 Å². The lowest BCUT2D eigenvalue weighted by Crippen LogP contribution is -2.54. The first-order valence-electron chi connectivity index (χ1n) is 9.21. The van der Waals surface area contributed by atoms with E-state index in [1.54, 1.807) is 19.2 Å². The highest BCUT2D eigenvalue weighted by molar-refractivity contribution is 14.0. The number of benzene rings is 1. The van der Waals surface area contributed by atoms with Crippen LogP contribution in [0.1, 0.15) is 38.7 Å². The van der Waals surface area contributed by atoms with Crippen molar-refractivity contribution >= 4 is 39.8 Å². The van der Waals surface area contributed by atoms with Crippen LogP contribution in [0, 0.1) is 0 Å². The summed E-state index contributed by atoms with van der Waals surface area (Å²) < 4.78 is 23.0. The van der Waals surface area contributed by atoms with Gasteiger partial charge in [-0.3, -0.25) is 9.89 Å². The Morgan fingerprint density at radius 2 is 1.70 bits per heavy atom. The van der Waals surface area contributed by atoms with E-state index >= 15 is 0 Å². The average molecular weight is 508 g/mol. The second-order valence-corrected chi connectivity index (χ2v) is 9.57. The number of sulfone groups is 1. The summed E-state index contributed by atoms with van der Waals surface area (Å²) in [5, 5.41) is 6.70. The first kappa shape index (κ1) is 24.2. The summed E-state index contributed by atoms with van der Waals surface area (Å²) in [6, 6.07) is 6.94. The molecule has 0 spiro atoms. The molecule has 0 aliphatic carbocycles. The monoisotopic (exact) mass is 508 g/mol. The summed E-state index contributed by atoms with van der Waals surface area (Å²) in [6.07, 6.45) is 5.11. The van der Waals surface area contributed by atoms with Crippen LogP contribution in [0.25, 0.3) is 0 Å². The molecule has 1 heterocycles. The zero-order chi connectivity index (χ0) is 19.2. The van der Waals surface area contributed by atoms with Gasteiger partial charge in [0, 0.05) is 31.9 Å². The molecule has 0 amide bonds. The van der Waals surface area contributed by atoms with Crippen molar-refractivity contribution in [3.05, 3.63) is 29.8 Å². The van der Waals surface area contributed by atoms with Crippen molar-refractivity contribution < 1.29 is 8.42 Å². The largest absolute Gasteiger partial charge is 0.355 e. The van der Waals surface area contributed by atoms with E-state index in [1.165, 1.54) is 25.5 Å². The molecule has 0 bridgehead atoms. The van der Waals surface area contributed by atoms with Gasteiger partial charge in [0.2, 0.25) is 0 Å². The maximum Gasteiger partial charge on any atom is 0.191 e. The van der Waals surface area contributed by atoms with Gasteiger partial charge in [0.05, 0.1) is 4.90 Å². The van der Waals surface area contributed by atoms with Gasteiger partial charge in [-0.2, -0.15) is 0 Å². The van der Waals surface area contributed by atoms with Crippen molar-refractivity contribution in [3.63, 3.8) is 0 Å². The molecule has 1 fully saturated rings. The third kappa shape index (κ3) is 7.57. The Hall–Kier alpha value is -0.870. The van der Waals surface area contributed by atoms with E-state index in [4.69, 9.17) is 0 Å². The number of likely N-dealkylation sites (tertiary alicyclic amines) is 1. The number of rotatable bonds is 6. The van der Waals surface area contributed by atoms with Crippen molar-refractivity contribution in [1.82, 2.24) is 15.5 Å². The van der Waals surface area contributed by atoms with Gasteiger partial charge in [0.1, 0.15) is 0 Å². The Morgan fingerprint density at radius 1 is 1.11 bits per heavy atom. The molecule has 1 saturated heterocycles. The minimum absolute atomic E-state index is 0. The maximum atomic E-state index is 11.5. The second-order valence-electron chi connectivity index (χ2n) is 7.56. The number of nitrogens with zero attached hydrogens (tertiary/aromatic N) is 2. The molecule has 154 valence electrons. The molecule has 1 aromatic rings. The van der Waals surface area contributed by atoms with Crippen LogP contribution in [0.2, 0.25) is 0 Å². The SMILES string of the molecule is CN=C(NCc1ccc(S(C)(=O)=O)cc1)NCC(C)(C)N1CCCCC1.I. The van der Waals surface area contributed by atoms with Crippen LogP contribution in [-0.2, 0) is 16.4 Å². The number of halogens is 1. The second kappa shape index (κ2) is 10.6. The van der Waals surface area contributed by atoms with Crippen molar-refractivity contribution in [2.75, 3.05) is 32.9 Å². The number of piperidine rings is 1. The Kier molecular flexibility index (Phi) is 9.50. The van der Waals surface area contributed by atoms with Gasteiger partial charge in [-0.15, -0.1) is 24.0 Å². The zero-order valence-electron chi connectivity index (χ0n) is 16.8. The van der Waals surface area contributed by atoms with Gasteiger partial charge < -0.3 is 10.6 Å². The molecule has 27 heavy (non-hydrogen) atoms. The summed E-state index contributed by atoms with van der Waals surface area (Å²) in [5.41, 5.74) is 1.09. The molecule has 0 unspecified atom stereocenters. The fourth-order valence-corrected chi connectivity index (χ4v) is 3.80. The Balaban J connectivity index is 0.00000364. The molecule has 0 aromatic heterocycles. The van der Waals surface area contributed by atoms with Crippen LogP contribution in [0.5, 0.6) is 0 Å². The Bertz CT molecular complexity index is 712. The van der Waals surface area contributed by atoms with Crippen LogP contribution >= 0.6 is 24.0 Å². The third-order valence-electron chi connectivity index (χ3n) is 4.94. The Morgan fingerprint density at radius 3 is 2.22 bits per heavy atom. The number of guanidine groups is 1. The molecule has 2 rings (SSSR count). The molecule has 1 aromatic carbocycles. The molecule has 1 aliphatic rings. The molecule has 0 saturated carbocycles. The number of aliphatic imine (C=N–C) groups is 1. The van der Waals surface area contributed by atoms with Crippen molar-refractivity contribution in [2.24, 2.45) is 4.99 Å². The molecular weight excluding hydrogens is 475 g/mol. The van der Waals surface area contributed by atoms with E-state index in [-0.39, 0.29) is 29.5 Å². The highest BCUT2D eigenvalue weighted by atomic mass is 127. The first-order valence-corrected chi connectivity index (χ1v) is 11.1. The summed E-state index contributed by atoms with van der Waals surface area (Å²) in [6.45, 7) is 8.26. The van der Waals surface area contributed by atoms with Gasteiger partial charge in [0.25, 0.3) is 0 Å². The summed E-state index contributed by atoms with van der Waals surface area (Å²) >= 11 is 0. The minimum Gasteiger partial charge on any atom is -0.355 e. The third-order valence-corrected chi connectivity index (χ3v) is 6.06. The quantitative estimate of drug-likeness (QED) is 0.351. The predicted octanol–water partition coefficient (Wildman–Crippen LogP) is 2.64. The molecular formula is C19H33IN4O2S. The normalized spacial score (nSPS) is 16.5. The van der Waals surface area contributed by atoms with Crippen LogP contribution in [0.4, 0.5) is 0 Å². The fourth-order valence-electron chi connectivity index (χ4n) is 3.17. The number of hydrogen-bond acceptors (Lipinski definition) is 4.